The number of fused-ring (bicyclic) bond motifs is 2. The predicted molar refractivity (Wildman–Crippen MR) is 65.7 cm³/mol. The van der Waals surface area contributed by atoms with Crippen LogP contribution in [0.3, 0.4) is 0 Å². The van der Waals surface area contributed by atoms with Gasteiger partial charge in [0, 0.05) is 5.56 Å². The maximum atomic E-state index is 11.2. The normalized spacial score (nSPS) is 10.8. The zero-order valence-electron chi connectivity index (χ0n) is 8.60. The highest BCUT2D eigenvalue weighted by Gasteiger charge is 2.05. The van der Waals surface area contributed by atoms with Crippen LogP contribution in [0.2, 0.25) is 0 Å². The van der Waals surface area contributed by atoms with Crippen molar-refractivity contribution in [1.29, 1.82) is 0 Å². The van der Waals surface area contributed by atoms with Gasteiger partial charge in [-0.1, -0.05) is 36.4 Å². The topological polar surface area (TPSA) is 17.1 Å². The molecular formula is C15H9O. The molecule has 0 saturated carbocycles. The number of benzene rings is 3. The van der Waals surface area contributed by atoms with Gasteiger partial charge >= 0.3 is 0 Å². The van der Waals surface area contributed by atoms with Gasteiger partial charge in [-0.3, -0.25) is 4.79 Å². The van der Waals surface area contributed by atoms with Crippen LogP contribution in [0.4, 0.5) is 0 Å². The average molecular weight is 205 g/mol. The molecule has 0 amide bonds. The first kappa shape index (κ1) is 9.10. The van der Waals surface area contributed by atoms with Crippen LogP contribution in [-0.4, -0.2) is 6.29 Å². The van der Waals surface area contributed by atoms with Gasteiger partial charge in [0.1, 0.15) is 0 Å². The molecule has 16 heavy (non-hydrogen) atoms. The summed E-state index contributed by atoms with van der Waals surface area (Å²) < 4.78 is 0. The van der Waals surface area contributed by atoms with E-state index in [1.54, 1.807) is 0 Å². The highest BCUT2D eigenvalue weighted by atomic mass is 16.1. The number of hydrogen-bond donors (Lipinski definition) is 0. The van der Waals surface area contributed by atoms with E-state index in [2.05, 4.69) is 12.1 Å². The van der Waals surface area contributed by atoms with Crippen LogP contribution in [-0.2, 0) is 0 Å². The lowest BCUT2D eigenvalue weighted by Gasteiger charge is -2.05. The van der Waals surface area contributed by atoms with Crippen molar-refractivity contribution in [3.05, 3.63) is 60.2 Å². The lowest BCUT2D eigenvalue weighted by atomic mass is 9.98. The van der Waals surface area contributed by atoms with Gasteiger partial charge < -0.3 is 0 Å². The maximum absolute atomic E-state index is 11.2. The third kappa shape index (κ3) is 1.22. The van der Waals surface area contributed by atoms with Gasteiger partial charge in [-0.2, -0.15) is 0 Å². The number of rotatable bonds is 1. The fourth-order valence-electron chi connectivity index (χ4n) is 2.11. The zero-order valence-corrected chi connectivity index (χ0v) is 8.60. The van der Waals surface area contributed by atoms with E-state index in [0.29, 0.717) is 0 Å². The summed E-state index contributed by atoms with van der Waals surface area (Å²) in [6.45, 7) is 0. The molecule has 0 heterocycles. The van der Waals surface area contributed by atoms with Gasteiger partial charge in [0.2, 0.25) is 0 Å². The van der Waals surface area contributed by atoms with E-state index in [9.17, 15) is 4.79 Å². The number of aldehydes is 1. The maximum Gasteiger partial charge on any atom is 0.151 e. The molecule has 0 atom stereocenters. The average Bonchev–Trinajstić information content (AvgIpc) is 2.36. The van der Waals surface area contributed by atoms with Gasteiger partial charge in [0.05, 0.1) is 0 Å². The van der Waals surface area contributed by atoms with Gasteiger partial charge in [0.25, 0.3) is 0 Å². The largest absolute Gasteiger partial charge is 0.298 e. The third-order valence-electron chi connectivity index (χ3n) is 2.87. The molecule has 3 aromatic rings. The molecule has 0 N–H and O–H groups in total. The van der Waals surface area contributed by atoms with Crippen molar-refractivity contribution in [3.63, 3.8) is 0 Å². The monoisotopic (exact) mass is 205 g/mol. The third-order valence-corrected chi connectivity index (χ3v) is 2.87. The van der Waals surface area contributed by atoms with Crippen molar-refractivity contribution in [2.45, 2.75) is 0 Å². The molecule has 3 aromatic carbocycles. The molecule has 0 bridgehead atoms. The second kappa shape index (κ2) is 3.46. The number of carbonyl (C=O) groups excluding carboxylic acids is 1. The molecule has 0 aromatic heterocycles. The minimum atomic E-state index is 0.755. The summed E-state index contributed by atoms with van der Waals surface area (Å²) in [6.07, 6.45) is 0.929. The Balaban J connectivity index is 2.61. The molecule has 0 aliphatic carbocycles. The van der Waals surface area contributed by atoms with Crippen LogP contribution in [0.1, 0.15) is 10.4 Å². The van der Waals surface area contributed by atoms with Gasteiger partial charge in [-0.05, 0) is 39.7 Å². The quantitative estimate of drug-likeness (QED) is 0.438. The van der Waals surface area contributed by atoms with E-state index in [1.807, 2.05) is 42.5 Å². The Hall–Kier alpha value is -2.15. The van der Waals surface area contributed by atoms with Gasteiger partial charge in [-0.25, -0.2) is 0 Å². The highest BCUT2D eigenvalue weighted by Crippen LogP contribution is 2.26. The Morgan fingerprint density at radius 1 is 1.00 bits per heavy atom. The van der Waals surface area contributed by atoms with E-state index in [1.165, 1.54) is 0 Å². The van der Waals surface area contributed by atoms with Crippen LogP contribution < -0.4 is 0 Å². The minimum Gasteiger partial charge on any atom is -0.298 e. The van der Waals surface area contributed by atoms with Crippen molar-refractivity contribution in [2.24, 2.45) is 0 Å². The Morgan fingerprint density at radius 3 is 2.69 bits per heavy atom. The highest BCUT2D eigenvalue weighted by molar-refractivity contribution is 6.12. The Morgan fingerprint density at radius 2 is 1.81 bits per heavy atom. The summed E-state index contributed by atoms with van der Waals surface area (Å²) in [5.41, 5.74) is 0.755. The molecule has 0 aliphatic heterocycles. The van der Waals surface area contributed by atoms with Gasteiger partial charge in [0.15, 0.2) is 6.29 Å². The Bertz CT molecular complexity index is 629. The van der Waals surface area contributed by atoms with Crippen LogP contribution in [0.15, 0.2) is 48.5 Å². The Kier molecular flexibility index (Phi) is 1.97. The summed E-state index contributed by atoms with van der Waals surface area (Å²) in [5.74, 6) is 0. The van der Waals surface area contributed by atoms with E-state index >= 15 is 0 Å². The van der Waals surface area contributed by atoms with Crippen LogP contribution in [0.25, 0.3) is 21.5 Å². The molecule has 0 unspecified atom stereocenters. The second-order valence-corrected chi connectivity index (χ2v) is 3.78. The molecule has 75 valence electrons. The standard InChI is InChI=1S/C15H9O/c16-10-15-13-7-3-1-5-11(13)9-12-6-2-4-8-14(12)15/h1-3,5-10H. The summed E-state index contributed by atoms with van der Waals surface area (Å²) in [4.78, 5) is 11.2. The first-order valence-corrected chi connectivity index (χ1v) is 5.17. The molecule has 1 radical (unpaired) electrons. The Labute approximate surface area is 93.3 Å². The smallest absolute Gasteiger partial charge is 0.151 e. The first-order valence-electron chi connectivity index (χ1n) is 5.17. The SMILES string of the molecule is O=Cc1c2c[c]ccc2cc2ccccc12. The zero-order chi connectivity index (χ0) is 11.0. The van der Waals surface area contributed by atoms with E-state index < -0.39 is 0 Å². The molecule has 0 spiro atoms. The van der Waals surface area contributed by atoms with Crippen molar-refractivity contribution in [3.8, 4) is 0 Å². The van der Waals surface area contributed by atoms with Crippen LogP contribution >= 0.6 is 0 Å². The molecule has 0 fully saturated rings. The summed E-state index contributed by atoms with van der Waals surface area (Å²) in [7, 11) is 0. The molecule has 3 rings (SSSR count). The first-order chi connectivity index (χ1) is 7.90. The second-order valence-electron chi connectivity index (χ2n) is 3.78. The van der Waals surface area contributed by atoms with Crippen LogP contribution in [0, 0.1) is 6.07 Å². The van der Waals surface area contributed by atoms with E-state index in [-0.39, 0.29) is 0 Å². The lowest BCUT2D eigenvalue weighted by molar-refractivity contribution is 0.112. The van der Waals surface area contributed by atoms with Crippen molar-refractivity contribution >= 4 is 27.8 Å². The van der Waals surface area contributed by atoms with Crippen molar-refractivity contribution in [2.75, 3.05) is 0 Å². The molecule has 0 saturated heterocycles. The van der Waals surface area contributed by atoms with Crippen LogP contribution in [0.5, 0.6) is 0 Å². The van der Waals surface area contributed by atoms with Crippen molar-refractivity contribution in [1.82, 2.24) is 0 Å². The van der Waals surface area contributed by atoms with E-state index in [0.717, 1.165) is 33.4 Å². The fourth-order valence-corrected chi connectivity index (χ4v) is 2.11. The summed E-state index contributed by atoms with van der Waals surface area (Å²) in [6, 6.07) is 18.8. The van der Waals surface area contributed by atoms with E-state index in [4.69, 9.17) is 0 Å². The summed E-state index contributed by atoms with van der Waals surface area (Å²) >= 11 is 0. The molecular weight excluding hydrogens is 196 g/mol. The lowest BCUT2D eigenvalue weighted by Crippen LogP contribution is -1.86. The fraction of sp³-hybridized carbons (Fsp3) is 0. The minimum absolute atomic E-state index is 0.755. The molecule has 1 heteroatoms. The number of carbonyl (C=O) groups is 1. The van der Waals surface area contributed by atoms with Crippen molar-refractivity contribution < 1.29 is 4.79 Å². The number of hydrogen-bond acceptors (Lipinski definition) is 1. The summed E-state index contributed by atoms with van der Waals surface area (Å²) in [5, 5.41) is 4.16. The predicted octanol–water partition coefficient (Wildman–Crippen LogP) is 3.61. The molecule has 1 nitrogen and oxygen atoms in total. The van der Waals surface area contributed by atoms with Gasteiger partial charge in [-0.15, -0.1) is 0 Å². The molecule has 0 aliphatic rings.